The maximum atomic E-state index is 13.8. The highest BCUT2D eigenvalue weighted by Gasteiger charge is 2.37. The van der Waals surface area contributed by atoms with Crippen molar-refractivity contribution < 1.29 is 19.1 Å². The number of allylic oxidation sites excluding steroid dienone is 2. The van der Waals surface area contributed by atoms with Crippen molar-refractivity contribution in [2.45, 2.75) is 58.4 Å². The Labute approximate surface area is 292 Å². The molecule has 0 fully saturated rings. The summed E-state index contributed by atoms with van der Waals surface area (Å²) < 4.78 is 5.15. The minimum Gasteiger partial charge on any atom is -0.465 e. The Morgan fingerprint density at radius 3 is 2.58 bits per heavy atom. The van der Waals surface area contributed by atoms with Gasteiger partial charge in [-0.2, -0.15) is 0 Å². The van der Waals surface area contributed by atoms with E-state index in [9.17, 15) is 14.4 Å². The predicted octanol–water partition coefficient (Wildman–Crippen LogP) is 8.93. The van der Waals surface area contributed by atoms with E-state index in [-0.39, 0.29) is 23.2 Å². The first-order chi connectivity index (χ1) is 23.4. The molecular weight excluding hydrogens is 659 g/mol. The number of carbonyl (C=O) groups is 3. The van der Waals surface area contributed by atoms with Crippen LogP contribution in [0.1, 0.15) is 45.6 Å². The topological polar surface area (TPSA) is 87.7 Å². The van der Waals surface area contributed by atoms with Crippen molar-refractivity contribution >= 4 is 69.1 Å². The molecule has 3 aromatic carbocycles. The average Bonchev–Trinajstić information content (AvgIpc) is 3.47. The molecule has 7 nitrogen and oxygen atoms in total. The number of hydrogen-bond donors (Lipinski definition) is 2. The second kappa shape index (κ2) is 14.1. The van der Waals surface area contributed by atoms with E-state index >= 15 is 0 Å². The molecule has 0 saturated heterocycles. The van der Waals surface area contributed by atoms with Crippen molar-refractivity contribution in [2.75, 3.05) is 22.6 Å². The summed E-state index contributed by atoms with van der Waals surface area (Å²) in [6.07, 6.45) is 10.7. The summed E-state index contributed by atoms with van der Waals surface area (Å²) in [6.45, 7) is 1.84. The SMILES string of the molecule is COC(=O)c1c(NC(=O)C(C)Sc2cccc(NC(=O)N3c4ccccc4SC4C=CC=CC43)c2)sc2c1CCC(c1ccccc1)C2. The highest BCUT2D eigenvalue weighted by atomic mass is 32.2. The van der Waals surface area contributed by atoms with Crippen LogP contribution in [-0.2, 0) is 22.4 Å². The number of methoxy groups -OCH3 is 1. The summed E-state index contributed by atoms with van der Waals surface area (Å²) in [5.41, 5.74) is 4.28. The Hall–Kier alpha value is -4.25. The van der Waals surface area contributed by atoms with Gasteiger partial charge in [0.25, 0.3) is 0 Å². The largest absolute Gasteiger partial charge is 0.465 e. The molecule has 3 amide bonds. The highest BCUT2D eigenvalue weighted by Crippen LogP contribution is 2.45. The van der Waals surface area contributed by atoms with Crippen LogP contribution in [-0.4, -0.2) is 41.6 Å². The first kappa shape index (κ1) is 32.3. The number of urea groups is 1. The van der Waals surface area contributed by atoms with Crippen LogP contribution < -0.4 is 15.5 Å². The zero-order valence-corrected chi connectivity index (χ0v) is 29.0. The number of esters is 1. The molecule has 4 aromatic rings. The van der Waals surface area contributed by atoms with E-state index in [1.807, 2.05) is 78.6 Å². The average molecular weight is 694 g/mol. The number of nitrogens with one attached hydrogen (secondary N) is 2. The Bertz CT molecular complexity index is 1920. The standard InChI is InChI=1S/C38H35N3O4S3/c1-23(35(42)40-36-34(37(43)45-2)28-20-19-25(21-33(28)48-36)24-11-4-3-5-12-24)46-27-14-10-13-26(22-27)39-38(44)41-29-15-6-8-17-31(29)47-32-18-9-7-16-30(32)41/h3-18,22-23,25,29,31H,19-21H2,1-2H3,(H,39,44)(H,40,42). The fraction of sp³-hybridized carbons (Fsp3) is 0.237. The third kappa shape index (κ3) is 6.57. The van der Waals surface area contributed by atoms with Gasteiger partial charge in [0.15, 0.2) is 0 Å². The normalized spacial score (nSPS) is 19.8. The first-order valence-corrected chi connectivity index (χ1v) is 18.5. The molecule has 2 N–H and O–H groups in total. The molecule has 0 spiro atoms. The Balaban J connectivity index is 1.04. The monoisotopic (exact) mass is 693 g/mol. The van der Waals surface area contributed by atoms with E-state index in [0.29, 0.717) is 22.2 Å². The Morgan fingerprint density at radius 2 is 1.75 bits per heavy atom. The number of thioether (sulfide) groups is 2. The molecule has 10 heteroatoms. The van der Waals surface area contributed by atoms with Gasteiger partial charge < -0.3 is 15.4 Å². The summed E-state index contributed by atoms with van der Waals surface area (Å²) in [5.74, 6) is -0.260. The van der Waals surface area contributed by atoms with Gasteiger partial charge in [-0.3, -0.25) is 9.69 Å². The zero-order chi connectivity index (χ0) is 33.2. The number of nitrogens with zero attached hydrogens (tertiary/aromatic N) is 1. The van der Waals surface area contributed by atoms with Crippen LogP contribution in [0.2, 0.25) is 0 Å². The second-order valence-electron chi connectivity index (χ2n) is 11.9. The van der Waals surface area contributed by atoms with Crippen LogP contribution in [0.25, 0.3) is 0 Å². The number of hydrogen-bond acceptors (Lipinski definition) is 7. The maximum absolute atomic E-state index is 13.8. The van der Waals surface area contributed by atoms with E-state index < -0.39 is 11.2 Å². The smallest absolute Gasteiger partial charge is 0.341 e. The van der Waals surface area contributed by atoms with Crippen LogP contribution in [0, 0.1) is 0 Å². The number of anilines is 3. The van der Waals surface area contributed by atoms with Gasteiger partial charge in [-0.15, -0.1) is 34.9 Å². The van der Waals surface area contributed by atoms with Gasteiger partial charge in [-0.25, -0.2) is 9.59 Å². The van der Waals surface area contributed by atoms with Gasteiger partial charge >= 0.3 is 12.0 Å². The van der Waals surface area contributed by atoms with Gasteiger partial charge in [-0.05, 0) is 73.6 Å². The van der Waals surface area contributed by atoms with Crippen LogP contribution in [0.15, 0.2) is 113 Å². The molecule has 244 valence electrons. The van der Waals surface area contributed by atoms with Crippen LogP contribution >= 0.6 is 34.9 Å². The van der Waals surface area contributed by atoms with E-state index in [4.69, 9.17) is 4.74 Å². The van der Waals surface area contributed by atoms with Crippen molar-refractivity contribution in [1.82, 2.24) is 0 Å². The fourth-order valence-corrected chi connectivity index (χ4v) is 10.0. The van der Waals surface area contributed by atoms with Gasteiger partial charge in [0.05, 0.1) is 34.9 Å². The lowest BCUT2D eigenvalue weighted by Gasteiger charge is -2.40. The fourth-order valence-electron chi connectivity index (χ4n) is 6.53. The van der Waals surface area contributed by atoms with E-state index in [2.05, 4.69) is 47.1 Å². The van der Waals surface area contributed by atoms with Gasteiger partial charge in [-0.1, -0.05) is 72.8 Å². The lowest BCUT2D eigenvalue weighted by Crippen LogP contribution is -2.49. The summed E-state index contributed by atoms with van der Waals surface area (Å²) in [7, 11) is 1.38. The number of benzene rings is 3. The molecule has 48 heavy (non-hydrogen) atoms. The summed E-state index contributed by atoms with van der Waals surface area (Å²) in [6, 6.07) is 25.6. The third-order valence-electron chi connectivity index (χ3n) is 8.89. The number of fused-ring (bicyclic) bond motifs is 3. The number of rotatable bonds is 7. The van der Waals surface area contributed by atoms with Crippen molar-refractivity contribution in [3.63, 3.8) is 0 Å². The molecule has 2 heterocycles. The maximum Gasteiger partial charge on any atom is 0.341 e. The molecule has 3 aliphatic rings. The summed E-state index contributed by atoms with van der Waals surface area (Å²) in [4.78, 5) is 45.1. The molecule has 0 bridgehead atoms. The molecule has 1 aromatic heterocycles. The second-order valence-corrected chi connectivity index (χ2v) is 15.7. The van der Waals surface area contributed by atoms with E-state index in [1.54, 1.807) is 11.8 Å². The van der Waals surface area contributed by atoms with Gasteiger partial charge in [0.2, 0.25) is 5.91 Å². The quantitative estimate of drug-likeness (QED) is 0.149. The summed E-state index contributed by atoms with van der Waals surface area (Å²) >= 11 is 4.64. The summed E-state index contributed by atoms with van der Waals surface area (Å²) in [5, 5.41) is 6.36. The van der Waals surface area contributed by atoms with Crippen molar-refractivity contribution in [1.29, 1.82) is 0 Å². The molecule has 1 aliphatic heterocycles. The van der Waals surface area contributed by atoms with E-state index in [0.717, 1.165) is 45.2 Å². The molecular formula is C38H35N3O4S3. The number of amides is 3. The first-order valence-electron chi connectivity index (χ1n) is 16.0. The molecule has 7 rings (SSSR count). The Kier molecular flexibility index (Phi) is 9.48. The third-order valence-corrected chi connectivity index (χ3v) is 12.5. The minimum absolute atomic E-state index is 0.0989. The number of thiophene rings is 1. The van der Waals surface area contributed by atoms with Crippen molar-refractivity contribution in [3.8, 4) is 0 Å². The molecule has 2 aliphatic carbocycles. The molecule has 4 atom stereocenters. The van der Waals surface area contributed by atoms with Crippen LogP contribution in [0.4, 0.5) is 21.2 Å². The van der Waals surface area contributed by atoms with Crippen LogP contribution in [0.3, 0.4) is 0 Å². The molecule has 4 unspecified atom stereocenters. The minimum atomic E-state index is -0.469. The molecule has 0 saturated carbocycles. The predicted molar refractivity (Wildman–Crippen MR) is 197 cm³/mol. The van der Waals surface area contributed by atoms with Crippen LogP contribution in [0.5, 0.6) is 0 Å². The van der Waals surface area contributed by atoms with Gasteiger partial charge in [0, 0.05) is 20.4 Å². The van der Waals surface area contributed by atoms with E-state index in [1.165, 1.54) is 35.8 Å². The number of carbonyl (C=O) groups excluding carboxylic acids is 3. The van der Waals surface area contributed by atoms with Crippen molar-refractivity contribution in [2.24, 2.45) is 0 Å². The Morgan fingerprint density at radius 1 is 0.958 bits per heavy atom. The number of ether oxygens (including phenoxy) is 1. The lowest BCUT2D eigenvalue weighted by molar-refractivity contribution is -0.115. The highest BCUT2D eigenvalue weighted by molar-refractivity contribution is 8.00. The molecule has 0 radical (unpaired) electrons. The zero-order valence-electron chi connectivity index (χ0n) is 26.6. The van der Waals surface area contributed by atoms with Gasteiger partial charge in [0.1, 0.15) is 5.00 Å². The van der Waals surface area contributed by atoms with Crippen molar-refractivity contribution in [3.05, 3.63) is 125 Å². The number of para-hydroxylation sites is 1. The lowest BCUT2D eigenvalue weighted by atomic mass is 9.83.